The number of halogens is 7. The van der Waals surface area contributed by atoms with Gasteiger partial charge in [-0.3, -0.25) is 4.55 Å². The number of rotatable bonds is 1. The van der Waals surface area contributed by atoms with Crippen molar-refractivity contribution in [1.29, 1.82) is 0 Å². The molecule has 1 aliphatic carbocycles. The van der Waals surface area contributed by atoms with Gasteiger partial charge < -0.3 is 0 Å². The van der Waals surface area contributed by atoms with Crippen LogP contribution in [0.25, 0.3) is 0 Å². The van der Waals surface area contributed by atoms with Crippen LogP contribution in [0.3, 0.4) is 0 Å². The second kappa shape index (κ2) is 2.81. The molecule has 0 radical (unpaired) electrons. The van der Waals surface area contributed by atoms with Gasteiger partial charge in [0.05, 0.1) is 6.42 Å². The average Bonchev–Trinajstić information content (AvgIpc) is 2.07. The van der Waals surface area contributed by atoms with Crippen LogP contribution in [0.15, 0.2) is 0 Å². The van der Waals surface area contributed by atoms with E-state index in [1.807, 2.05) is 0 Å². The highest BCUT2D eigenvalue weighted by molar-refractivity contribution is 7.87. The lowest BCUT2D eigenvalue weighted by molar-refractivity contribution is -0.280. The van der Waals surface area contributed by atoms with Crippen molar-refractivity contribution in [2.75, 3.05) is 0 Å². The summed E-state index contributed by atoms with van der Waals surface area (Å²) in [4.78, 5) is 0. The van der Waals surface area contributed by atoms with E-state index in [4.69, 9.17) is 4.55 Å². The molecule has 1 N–H and O–H groups in total. The smallest absolute Gasteiger partial charge is 0.283 e. The minimum Gasteiger partial charge on any atom is -0.283 e. The van der Waals surface area contributed by atoms with E-state index in [2.05, 4.69) is 0 Å². The van der Waals surface area contributed by atoms with Crippen molar-refractivity contribution in [2.45, 2.75) is 29.2 Å². The molecular weight excluding hydrogens is 273 g/mol. The Kier molecular flexibility index (Phi) is 2.37. The van der Waals surface area contributed by atoms with Crippen LogP contribution in [0, 0.1) is 0 Å². The summed E-state index contributed by atoms with van der Waals surface area (Å²) in [6, 6.07) is 0. The van der Waals surface area contributed by atoms with Gasteiger partial charge >= 0.3 is 32.9 Å². The predicted molar refractivity (Wildman–Crippen MR) is 34.8 cm³/mol. The van der Waals surface area contributed by atoms with E-state index in [-0.39, 0.29) is 0 Å². The molecule has 1 aliphatic rings. The predicted octanol–water partition coefficient (Wildman–Crippen LogP) is 1.85. The molecule has 1 fully saturated rings. The van der Waals surface area contributed by atoms with E-state index < -0.39 is 39.3 Å². The largest absolute Gasteiger partial charge is 0.376 e. The molecule has 0 spiro atoms. The normalized spacial score (nSPS) is 36.2. The van der Waals surface area contributed by atoms with E-state index in [1.165, 1.54) is 0 Å². The molecule has 0 amide bonds. The van der Waals surface area contributed by atoms with Gasteiger partial charge in [0.25, 0.3) is 0 Å². The first-order valence-corrected chi connectivity index (χ1v) is 4.94. The Hall–Kier alpha value is -0.580. The summed E-state index contributed by atoms with van der Waals surface area (Å²) in [5.74, 6) is -18.0. The van der Waals surface area contributed by atoms with Crippen LogP contribution in [0.5, 0.6) is 0 Å². The zero-order valence-electron chi connectivity index (χ0n) is 7.02. The second-order valence-electron chi connectivity index (χ2n) is 3.23. The van der Waals surface area contributed by atoms with Gasteiger partial charge in [-0.1, -0.05) is 0 Å². The van der Waals surface area contributed by atoms with Crippen LogP contribution in [-0.4, -0.2) is 35.7 Å². The van der Waals surface area contributed by atoms with Crippen LogP contribution in [0.1, 0.15) is 6.42 Å². The van der Waals surface area contributed by atoms with Crippen LogP contribution >= 0.6 is 0 Å². The molecule has 96 valence electrons. The molecule has 1 unspecified atom stereocenters. The van der Waals surface area contributed by atoms with Crippen molar-refractivity contribution in [2.24, 2.45) is 0 Å². The topological polar surface area (TPSA) is 54.4 Å². The molecule has 1 rings (SSSR count). The molecule has 0 aromatic carbocycles. The summed E-state index contributed by atoms with van der Waals surface area (Å²) in [6.07, 6.45) is -3.02. The van der Waals surface area contributed by atoms with E-state index in [0.29, 0.717) is 0 Å². The van der Waals surface area contributed by atoms with Crippen molar-refractivity contribution in [1.82, 2.24) is 0 Å². The van der Waals surface area contributed by atoms with Crippen LogP contribution in [0.2, 0.25) is 0 Å². The maximum absolute atomic E-state index is 13.0. The first kappa shape index (κ1) is 13.5. The van der Waals surface area contributed by atoms with Crippen molar-refractivity contribution in [3.8, 4) is 0 Å². The Morgan fingerprint density at radius 2 is 1.25 bits per heavy atom. The quantitative estimate of drug-likeness (QED) is 0.587. The fourth-order valence-electron chi connectivity index (χ4n) is 1.22. The third-order valence-corrected chi connectivity index (χ3v) is 3.40. The van der Waals surface area contributed by atoms with E-state index >= 15 is 0 Å². The van der Waals surface area contributed by atoms with E-state index in [9.17, 15) is 39.2 Å². The van der Waals surface area contributed by atoms with Crippen molar-refractivity contribution in [3.63, 3.8) is 0 Å². The number of hydrogen-bond acceptors (Lipinski definition) is 2. The van der Waals surface area contributed by atoms with Gasteiger partial charge in [-0.2, -0.15) is 34.8 Å². The van der Waals surface area contributed by atoms with Crippen LogP contribution in [-0.2, 0) is 10.1 Å². The molecule has 0 heterocycles. The summed E-state index contributed by atoms with van der Waals surface area (Å²) in [7, 11) is -6.43. The summed E-state index contributed by atoms with van der Waals surface area (Å²) in [5.41, 5.74) is 0. The first-order valence-electron chi connectivity index (χ1n) is 3.50. The molecule has 11 heteroatoms. The minimum atomic E-state index is -6.43. The summed E-state index contributed by atoms with van der Waals surface area (Å²) >= 11 is 0. The fourth-order valence-corrected chi connectivity index (χ4v) is 2.04. The molecule has 16 heavy (non-hydrogen) atoms. The Bertz CT molecular complexity index is 416. The number of alkyl halides is 7. The Balaban J connectivity index is 3.53. The van der Waals surface area contributed by atoms with Crippen molar-refractivity contribution >= 4 is 10.1 Å². The minimum absolute atomic E-state index is 3.02. The summed E-state index contributed by atoms with van der Waals surface area (Å²) in [5, 5.41) is -5.41. The highest BCUT2D eigenvalue weighted by atomic mass is 32.2. The fraction of sp³-hybridized carbons (Fsp3) is 1.00. The SMILES string of the molecule is O=S(=O)(O)C1(F)CC(F)(F)C(F)(F)C1(F)F. The molecule has 0 bridgehead atoms. The first-order chi connectivity index (χ1) is 6.71. The molecule has 3 nitrogen and oxygen atoms in total. The zero-order chi connectivity index (χ0) is 13.2. The monoisotopic (exact) mass is 276 g/mol. The molecule has 0 saturated heterocycles. The third-order valence-electron chi connectivity index (χ3n) is 2.18. The van der Waals surface area contributed by atoms with Gasteiger partial charge in [0, 0.05) is 0 Å². The molecular formula is C5H3F7O3S. The third kappa shape index (κ3) is 1.21. The van der Waals surface area contributed by atoms with E-state index in [0.717, 1.165) is 0 Å². The standard InChI is InChI=1S/C5H3F7O3S/c6-2(7)1-3(8,16(13,14)15)5(11,12)4(2,9)10/h1H2,(H,13,14,15). The number of hydrogen-bond donors (Lipinski definition) is 1. The van der Waals surface area contributed by atoms with Gasteiger partial charge in [-0.05, 0) is 0 Å². The van der Waals surface area contributed by atoms with Gasteiger partial charge in [0.2, 0.25) is 0 Å². The average molecular weight is 276 g/mol. The van der Waals surface area contributed by atoms with Gasteiger partial charge in [0.1, 0.15) is 0 Å². The lowest BCUT2D eigenvalue weighted by Crippen LogP contribution is -2.55. The van der Waals surface area contributed by atoms with Gasteiger partial charge in [-0.25, -0.2) is 4.39 Å². The second-order valence-corrected chi connectivity index (χ2v) is 4.83. The summed E-state index contributed by atoms with van der Waals surface area (Å²) < 4.78 is 116. The summed E-state index contributed by atoms with van der Waals surface area (Å²) in [6.45, 7) is 0. The highest BCUT2D eigenvalue weighted by Crippen LogP contribution is 2.63. The van der Waals surface area contributed by atoms with Gasteiger partial charge in [0.15, 0.2) is 0 Å². The molecule has 0 aromatic heterocycles. The molecule has 0 aliphatic heterocycles. The highest BCUT2D eigenvalue weighted by Gasteiger charge is 2.91. The Morgan fingerprint density at radius 1 is 0.875 bits per heavy atom. The maximum Gasteiger partial charge on any atom is 0.376 e. The maximum atomic E-state index is 13.0. The molecule has 0 aromatic rings. The Labute approximate surface area is 84.0 Å². The Morgan fingerprint density at radius 3 is 1.38 bits per heavy atom. The van der Waals surface area contributed by atoms with Gasteiger partial charge in [-0.15, -0.1) is 0 Å². The van der Waals surface area contributed by atoms with E-state index in [1.54, 1.807) is 0 Å². The zero-order valence-corrected chi connectivity index (χ0v) is 7.84. The van der Waals surface area contributed by atoms with Crippen LogP contribution in [0.4, 0.5) is 30.7 Å². The van der Waals surface area contributed by atoms with Crippen molar-refractivity contribution in [3.05, 3.63) is 0 Å². The van der Waals surface area contributed by atoms with Crippen molar-refractivity contribution < 1.29 is 43.7 Å². The lowest BCUT2D eigenvalue weighted by atomic mass is 10.2. The lowest BCUT2D eigenvalue weighted by Gasteiger charge is -2.26. The molecule has 1 saturated carbocycles. The van der Waals surface area contributed by atoms with Crippen LogP contribution < -0.4 is 0 Å². The molecule has 1 atom stereocenters.